The number of guanidine groups is 1. The van der Waals surface area contributed by atoms with Crippen molar-refractivity contribution < 1.29 is 17.2 Å². The first-order chi connectivity index (χ1) is 12.3. The lowest BCUT2D eigenvalue weighted by Crippen LogP contribution is -2.36. The fraction of sp³-hybridized carbons (Fsp3) is 0.278. The van der Waals surface area contributed by atoms with Crippen LogP contribution < -0.4 is 10.6 Å². The summed E-state index contributed by atoms with van der Waals surface area (Å²) >= 11 is 0. The van der Waals surface area contributed by atoms with Crippen LogP contribution in [0.4, 0.5) is 8.78 Å². The summed E-state index contributed by atoms with van der Waals surface area (Å²) in [7, 11) is -1.67. The maximum atomic E-state index is 13.5. The number of benzene rings is 2. The van der Waals surface area contributed by atoms with E-state index >= 15 is 0 Å². The van der Waals surface area contributed by atoms with Crippen molar-refractivity contribution in [3.8, 4) is 0 Å². The van der Waals surface area contributed by atoms with Crippen LogP contribution in [-0.2, 0) is 28.7 Å². The third kappa shape index (κ3) is 8.21. The van der Waals surface area contributed by atoms with Crippen LogP contribution >= 0.6 is 24.0 Å². The van der Waals surface area contributed by atoms with E-state index in [2.05, 4.69) is 15.6 Å². The van der Waals surface area contributed by atoms with Crippen LogP contribution in [0.1, 0.15) is 16.7 Å². The Morgan fingerprint density at radius 1 is 1.00 bits per heavy atom. The Labute approximate surface area is 175 Å². The van der Waals surface area contributed by atoms with Crippen LogP contribution in [0, 0.1) is 11.6 Å². The van der Waals surface area contributed by atoms with E-state index < -0.39 is 15.7 Å². The van der Waals surface area contributed by atoms with E-state index in [9.17, 15) is 17.2 Å². The van der Waals surface area contributed by atoms with E-state index in [4.69, 9.17) is 0 Å². The van der Waals surface area contributed by atoms with Crippen molar-refractivity contribution in [3.05, 3.63) is 70.8 Å². The molecule has 2 rings (SSSR count). The molecule has 0 heterocycles. The minimum Gasteiger partial charge on any atom is -0.352 e. The summed E-state index contributed by atoms with van der Waals surface area (Å²) in [6, 6.07) is 10.2. The molecular formula is C18H22F2IN3O2S. The number of sulfone groups is 1. The molecule has 0 unspecified atom stereocenters. The van der Waals surface area contributed by atoms with E-state index in [0.717, 1.165) is 11.8 Å². The van der Waals surface area contributed by atoms with Gasteiger partial charge in [0.05, 0.1) is 5.75 Å². The molecule has 0 bridgehead atoms. The molecule has 0 saturated carbocycles. The summed E-state index contributed by atoms with van der Waals surface area (Å²) < 4.78 is 49.8. The van der Waals surface area contributed by atoms with Crippen LogP contribution in [0.25, 0.3) is 0 Å². The van der Waals surface area contributed by atoms with Gasteiger partial charge in [-0.15, -0.1) is 24.0 Å². The Bertz CT molecular complexity index is 905. The molecule has 27 heavy (non-hydrogen) atoms. The molecule has 2 N–H and O–H groups in total. The van der Waals surface area contributed by atoms with E-state index in [1.165, 1.54) is 30.3 Å². The Hall–Kier alpha value is -1.75. The summed E-state index contributed by atoms with van der Waals surface area (Å²) in [5, 5.41) is 6.03. The second-order valence-electron chi connectivity index (χ2n) is 5.89. The number of halogens is 3. The molecule has 5 nitrogen and oxygen atoms in total. The Balaban J connectivity index is 0.00000364. The van der Waals surface area contributed by atoms with Gasteiger partial charge in [0.2, 0.25) is 0 Å². The highest BCUT2D eigenvalue weighted by Crippen LogP contribution is 2.14. The highest BCUT2D eigenvalue weighted by atomic mass is 127. The fourth-order valence-electron chi connectivity index (χ4n) is 2.41. The Kier molecular flexibility index (Phi) is 9.10. The SMILES string of the molecule is CN=C(NCc1cccc(F)c1)NCc1cc(F)ccc1CS(C)(=O)=O.I. The molecule has 0 amide bonds. The average Bonchev–Trinajstić information content (AvgIpc) is 2.56. The quantitative estimate of drug-likeness (QED) is 0.357. The van der Waals surface area contributed by atoms with E-state index in [1.54, 1.807) is 19.2 Å². The van der Waals surface area contributed by atoms with Crippen LogP contribution in [0.3, 0.4) is 0 Å². The van der Waals surface area contributed by atoms with Gasteiger partial charge in [0.1, 0.15) is 11.6 Å². The molecule has 148 valence electrons. The summed E-state index contributed by atoms with van der Waals surface area (Å²) in [6.45, 7) is 0.558. The van der Waals surface area contributed by atoms with Crippen LogP contribution in [-0.4, -0.2) is 27.7 Å². The smallest absolute Gasteiger partial charge is 0.191 e. The van der Waals surface area contributed by atoms with Crippen LogP contribution in [0.2, 0.25) is 0 Å². The molecule has 0 radical (unpaired) electrons. The lowest BCUT2D eigenvalue weighted by atomic mass is 10.1. The number of hydrogen-bond acceptors (Lipinski definition) is 3. The van der Waals surface area contributed by atoms with Crippen molar-refractivity contribution >= 4 is 39.8 Å². The van der Waals surface area contributed by atoms with Crippen molar-refractivity contribution in [3.63, 3.8) is 0 Å². The van der Waals surface area contributed by atoms with Crippen molar-refractivity contribution in [2.45, 2.75) is 18.8 Å². The van der Waals surface area contributed by atoms with Crippen molar-refractivity contribution in [1.82, 2.24) is 10.6 Å². The van der Waals surface area contributed by atoms with E-state index in [0.29, 0.717) is 23.6 Å². The third-order valence-corrected chi connectivity index (χ3v) is 4.44. The molecule has 0 aromatic heterocycles. The monoisotopic (exact) mass is 509 g/mol. The molecule has 0 spiro atoms. The second-order valence-corrected chi connectivity index (χ2v) is 8.03. The average molecular weight is 509 g/mol. The number of rotatable bonds is 6. The van der Waals surface area contributed by atoms with Gasteiger partial charge in [-0.2, -0.15) is 0 Å². The van der Waals surface area contributed by atoms with E-state index in [1.807, 2.05) is 0 Å². The van der Waals surface area contributed by atoms with Crippen molar-refractivity contribution in [2.75, 3.05) is 13.3 Å². The lowest BCUT2D eigenvalue weighted by molar-refractivity contribution is 0.599. The number of nitrogens with one attached hydrogen (secondary N) is 2. The van der Waals surface area contributed by atoms with Gasteiger partial charge in [-0.05, 0) is 41.0 Å². The molecular weight excluding hydrogens is 487 g/mol. The van der Waals surface area contributed by atoms with E-state index in [-0.39, 0.29) is 42.1 Å². The summed E-state index contributed by atoms with van der Waals surface area (Å²) in [5.41, 5.74) is 1.81. The maximum Gasteiger partial charge on any atom is 0.191 e. The zero-order chi connectivity index (χ0) is 19.2. The molecule has 0 fully saturated rings. The topological polar surface area (TPSA) is 70.6 Å². The fourth-order valence-corrected chi connectivity index (χ4v) is 3.26. The van der Waals surface area contributed by atoms with Gasteiger partial charge >= 0.3 is 0 Å². The Morgan fingerprint density at radius 2 is 1.67 bits per heavy atom. The van der Waals surface area contributed by atoms with Gasteiger partial charge < -0.3 is 10.6 Å². The molecule has 2 aromatic rings. The van der Waals surface area contributed by atoms with Gasteiger partial charge in [-0.1, -0.05) is 18.2 Å². The molecule has 0 atom stereocenters. The first kappa shape index (κ1) is 23.3. The number of aliphatic imine (C=N–C) groups is 1. The zero-order valence-corrected chi connectivity index (χ0v) is 18.1. The van der Waals surface area contributed by atoms with Crippen molar-refractivity contribution in [1.29, 1.82) is 0 Å². The van der Waals surface area contributed by atoms with Gasteiger partial charge in [0.25, 0.3) is 0 Å². The summed E-state index contributed by atoms with van der Waals surface area (Å²) in [5.74, 6) is -0.498. The van der Waals surface area contributed by atoms with Crippen molar-refractivity contribution in [2.24, 2.45) is 4.99 Å². The first-order valence-electron chi connectivity index (χ1n) is 7.91. The van der Waals surface area contributed by atoms with Crippen LogP contribution in [0.15, 0.2) is 47.5 Å². The normalized spacial score (nSPS) is 11.6. The minimum absolute atomic E-state index is 0. The predicted octanol–water partition coefficient (Wildman–Crippen LogP) is 2.99. The van der Waals surface area contributed by atoms with Gasteiger partial charge in [0, 0.05) is 26.4 Å². The predicted molar refractivity (Wildman–Crippen MR) is 114 cm³/mol. The standard InChI is InChI=1S/C18H21F2N3O2S.HI/c1-21-18(22-10-13-4-3-5-16(19)8-13)23-11-15-9-17(20)7-6-14(15)12-26(2,24)25;/h3-9H,10-12H2,1-2H3,(H2,21,22,23);1H. The second kappa shape index (κ2) is 10.5. The highest BCUT2D eigenvalue weighted by molar-refractivity contribution is 14.0. The molecule has 0 aliphatic rings. The molecule has 0 saturated heterocycles. The maximum absolute atomic E-state index is 13.5. The molecule has 2 aromatic carbocycles. The summed E-state index contributed by atoms with van der Waals surface area (Å²) in [6.07, 6.45) is 1.13. The van der Waals surface area contributed by atoms with Gasteiger partial charge in [-0.25, -0.2) is 17.2 Å². The largest absolute Gasteiger partial charge is 0.352 e. The third-order valence-electron chi connectivity index (χ3n) is 3.60. The van der Waals surface area contributed by atoms with Crippen LogP contribution in [0.5, 0.6) is 0 Å². The first-order valence-corrected chi connectivity index (χ1v) is 9.97. The molecule has 0 aliphatic carbocycles. The minimum atomic E-state index is -3.24. The zero-order valence-electron chi connectivity index (χ0n) is 15.0. The summed E-state index contributed by atoms with van der Waals surface area (Å²) in [4.78, 5) is 4.06. The number of nitrogens with zero attached hydrogens (tertiary/aromatic N) is 1. The van der Waals surface area contributed by atoms with Gasteiger partial charge in [0.15, 0.2) is 15.8 Å². The molecule has 9 heteroatoms. The number of hydrogen-bond donors (Lipinski definition) is 2. The molecule has 0 aliphatic heterocycles. The lowest BCUT2D eigenvalue weighted by Gasteiger charge is -2.14. The van der Waals surface area contributed by atoms with Gasteiger partial charge in [-0.3, -0.25) is 4.99 Å². The Morgan fingerprint density at radius 3 is 2.30 bits per heavy atom. The highest BCUT2D eigenvalue weighted by Gasteiger charge is 2.11.